The molecule has 0 aliphatic rings. The Labute approximate surface area is 144 Å². The third-order valence-electron chi connectivity index (χ3n) is 3.67. The van der Waals surface area contributed by atoms with E-state index in [0.29, 0.717) is 5.02 Å². The Morgan fingerprint density at radius 3 is 2.29 bits per heavy atom. The van der Waals surface area contributed by atoms with Crippen molar-refractivity contribution in [1.29, 1.82) is 0 Å². The molecule has 1 N–H and O–H groups in total. The van der Waals surface area contributed by atoms with Gasteiger partial charge in [-0.3, -0.25) is 0 Å². The minimum atomic E-state index is -3.98. The van der Waals surface area contributed by atoms with Crippen molar-refractivity contribution in [2.75, 3.05) is 0 Å². The van der Waals surface area contributed by atoms with Crippen LogP contribution in [0.1, 0.15) is 30.6 Å². The number of aliphatic hydroxyl groups excluding tert-OH is 1. The quantitative estimate of drug-likeness (QED) is 0.820. The standard InChI is InChI=1S/C17H17ClF2O3S/c1-11(21)2-9-17(15-10-13(19)5-8-16(15)20)24(22,23)14-6-3-12(18)4-7-14/h3-8,10-11,17,21H,2,9H2,1H3. The molecular weight excluding hydrogens is 358 g/mol. The van der Waals surface area contributed by atoms with E-state index in [9.17, 15) is 22.3 Å². The van der Waals surface area contributed by atoms with E-state index in [1.165, 1.54) is 31.2 Å². The van der Waals surface area contributed by atoms with Crippen LogP contribution in [0.25, 0.3) is 0 Å². The number of hydrogen-bond donors (Lipinski definition) is 1. The van der Waals surface area contributed by atoms with E-state index in [-0.39, 0.29) is 23.3 Å². The van der Waals surface area contributed by atoms with Gasteiger partial charge < -0.3 is 5.11 Å². The summed E-state index contributed by atoms with van der Waals surface area (Å²) in [4.78, 5) is -0.0360. The van der Waals surface area contributed by atoms with Crippen molar-refractivity contribution < 1.29 is 22.3 Å². The Hall–Kier alpha value is -1.50. The van der Waals surface area contributed by atoms with E-state index in [1.54, 1.807) is 0 Å². The van der Waals surface area contributed by atoms with Crippen LogP contribution in [0.15, 0.2) is 47.4 Å². The molecule has 0 fully saturated rings. The van der Waals surface area contributed by atoms with Gasteiger partial charge in [-0.25, -0.2) is 17.2 Å². The molecule has 130 valence electrons. The molecule has 0 saturated heterocycles. The number of aliphatic hydroxyl groups is 1. The summed E-state index contributed by atoms with van der Waals surface area (Å²) in [5.74, 6) is -1.52. The number of benzene rings is 2. The van der Waals surface area contributed by atoms with Gasteiger partial charge in [0.15, 0.2) is 9.84 Å². The summed E-state index contributed by atoms with van der Waals surface area (Å²) in [6.07, 6.45) is -0.666. The lowest BCUT2D eigenvalue weighted by Gasteiger charge is -2.20. The van der Waals surface area contributed by atoms with Crippen molar-refractivity contribution in [3.63, 3.8) is 0 Å². The van der Waals surface area contributed by atoms with Crippen molar-refractivity contribution in [3.05, 3.63) is 64.7 Å². The summed E-state index contributed by atoms with van der Waals surface area (Å²) < 4.78 is 53.5. The van der Waals surface area contributed by atoms with Crippen LogP contribution in [0.4, 0.5) is 8.78 Å². The van der Waals surface area contributed by atoms with Crippen molar-refractivity contribution in [3.8, 4) is 0 Å². The van der Waals surface area contributed by atoms with Gasteiger partial charge in [0, 0.05) is 10.6 Å². The molecule has 7 heteroatoms. The molecule has 2 unspecified atom stereocenters. The van der Waals surface area contributed by atoms with Crippen LogP contribution in [0.2, 0.25) is 5.02 Å². The molecule has 0 saturated carbocycles. The van der Waals surface area contributed by atoms with Crippen LogP contribution in [-0.2, 0) is 9.84 Å². The van der Waals surface area contributed by atoms with Gasteiger partial charge >= 0.3 is 0 Å². The zero-order chi connectivity index (χ0) is 17.9. The predicted octanol–water partition coefficient (Wildman–Crippen LogP) is 4.29. The monoisotopic (exact) mass is 374 g/mol. The van der Waals surface area contributed by atoms with Crippen LogP contribution >= 0.6 is 11.6 Å². The van der Waals surface area contributed by atoms with E-state index in [4.69, 9.17) is 11.6 Å². The van der Waals surface area contributed by atoms with Crippen LogP contribution < -0.4 is 0 Å². The third kappa shape index (κ3) is 4.32. The lowest BCUT2D eigenvalue weighted by atomic mass is 10.1. The summed E-state index contributed by atoms with van der Waals surface area (Å²) in [7, 11) is -3.98. The first kappa shape index (κ1) is 18.8. The third-order valence-corrected chi connectivity index (χ3v) is 6.09. The lowest BCUT2D eigenvalue weighted by Crippen LogP contribution is -2.17. The first-order valence-corrected chi connectivity index (χ1v) is 9.26. The average Bonchev–Trinajstić information content (AvgIpc) is 2.50. The second-order valence-corrected chi connectivity index (χ2v) is 8.15. The van der Waals surface area contributed by atoms with Crippen LogP contribution in [-0.4, -0.2) is 19.6 Å². The molecular formula is C17H17ClF2O3S. The van der Waals surface area contributed by atoms with Gasteiger partial charge in [-0.15, -0.1) is 0 Å². The van der Waals surface area contributed by atoms with Crippen LogP contribution in [0, 0.1) is 11.6 Å². The Morgan fingerprint density at radius 2 is 1.71 bits per heavy atom. The summed E-state index contributed by atoms with van der Waals surface area (Å²) in [6.45, 7) is 1.51. The molecule has 0 amide bonds. The molecule has 24 heavy (non-hydrogen) atoms. The highest BCUT2D eigenvalue weighted by Gasteiger charge is 2.31. The van der Waals surface area contributed by atoms with Gasteiger partial charge in [-0.05, 0) is 62.2 Å². The molecule has 2 aromatic carbocycles. The first-order chi connectivity index (χ1) is 11.2. The molecule has 0 aliphatic carbocycles. The zero-order valence-corrected chi connectivity index (χ0v) is 14.5. The first-order valence-electron chi connectivity index (χ1n) is 7.34. The Balaban J connectivity index is 2.52. The predicted molar refractivity (Wildman–Crippen MR) is 88.7 cm³/mol. The summed E-state index contributed by atoms with van der Waals surface area (Å²) in [6, 6.07) is 8.20. The Morgan fingerprint density at radius 1 is 1.08 bits per heavy atom. The van der Waals surface area contributed by atoms with Crippen LogP contribution in [0.5, 0.6) is 0 Å². The van der Waals surface area contributed by atoms with Crippen molar-refractivity contribution in [2.45, 2.75) is 36.0 Å². The average molecular weight is 375 g/mol. The molecule has 0 radical (unpaired) electrons. The molecule has 0 aliphatic heterocycles. The van der Waals surface area contributed by atoms with E-state index in [2.05, 4.69) is 0 Å². The summed E-state index contributed by atoms with van der Waals surface area (Å²) >= 11 is 5.77. The fraction of sp³-hybridized carbons (Fsp3) is 0.294. The highest BCUT2D eigenvalue weighted by atomic mass is 35.5. The summed E-state index contributed by atoms with van der Waals surface area (Å²) in [5.41, 5.74) is -0.245. The van der Waals surface area contributed by atoms with Gasteiger partial charge in [-0.1, -0.05) is 11.6 Å². The maximum Gasteiger partial charge on any atom is 0.185 e. The van der Waals surface area contributed by atoms with Gasteiger partial charge in [0.1, 0.15) is 11.6 Å². The van der Waals surface area contributed by atoms with Gasteiger partial charge in [-0.2, -0.15) is 0 Å². The normalized spacial score (nSPS) is 14.4. The molecule has 0 spiro atoms. The van der Waals surface area contributed by atoms with Crippen molar-refractivity contribution in [2.24, 2.45) is 0 Å². The van der Waals surface area contributed by atoms with Crippen LogP contribution in [0.3, 0.4) is 0 Å². The molecule has 0 bridgehead atoms. The number of halogens is 3. The fourth-order valence-corrected chi connectivity index (χ4v) is 4.35. The summed E-state index contributed by atoms with van der Waals surface area (Å²) in [5, 5.41) is 8.53. The van der Waals surface area contributed by atoms with E-state index in [0.717, 1.165) is 18.2 Å². The smallest absolute Gasteiger partial charge is 0.185 e. The lowest BCUT2D eigenvalue weighted by molar-refractivity contribution is 0.181. The highest BCUT2D eigenvalue weighted by Crippen LogP contribution is 2.35. The maximum absolute atomic E-state index is 14.1. The SMILES string of the molecule is CC(O)CCC(c1cc(F)ccc1F)S(=O)(=O)c1ccc(Cl)cc1. The molecule has 0 aromatic heterocycles. The van der Waals surface area contributed by atoms with Gasteiger partial charge in [0.25, 0.3) is 0 Å². The Kier molecular flexibility index (Phi) is 5.96. The van der Waals surface area contributed by atoms with E-state index in [1.807, 2.05) is 0 Å². The zero-order valence-electron chi connectivity index (χ0n) is 12.9. The van der Waals surface area contributed by atoms with Gasteiger partial charge in [0.2, 0.25) is 0 Å². The topological polar surface area (TPSA) is 54.4 Å². The molecule has 2 atom stereocenters. The largest absolute Gasteiger partial charge is 0.393 e. The number of sulfone groups is 1. The highest BCUT2D eigenvalue weighted by molar-refractivity contribution is 7.91. The fourth-order valence-electron chi connectivity index (χ4n) is 2.42. The second-order valence-electron chi connectivity index (χ2n) is 5.58. The maximum atomic E-state index is 14.1. The van der Waals surface area contributed by atoms with Gasteiger partial charge in [0.05, 0.1) is 16.2 Å². The van der Waals surface area contributed by atoms with E-state index >= 15 is 0 Å². The number of rotatable bonds is 6. The Bertz CT molecular complexity index is 805. The number of hydrogen-bond acceptors (Lipinski definition) is 3. The molecule has 2 rings (SSSR count). The minimum absolute atomic E-state index is 0.0360. The van der Waals surface area contributed by atoms with E-state index < -0.39 is 32.8 Å². The minimum Gasteiger partial charge on any atom is -0.393 e. The molecule has 2 aromatic rings. The molecule has 0 heterocycles. The van der Waals surface area contributed by atoms with Crippen molar-refractivity contribution >= 4 is 21.4 Å². The van der Waals surface area contributed by atoms with Crippen molar-refractivity contribution in [1.82, 2.24) is 0 Å². The second kappa shape index (κ2) is 7.59. The molecule has 3 nitrogen and oxygen atoms in total.